The number of benzene rings is 1. The number of nitrogens with zero attached hydrogens (tertiary/aromatic N) is 2. The molecule has 2 aromatic rings. The van der Waals surface area contributed by atoms with Crippen LogP contribution < -0.4 is 4.90 Å². The Morgan fingerprint density at radius 2 is 1.86 bits per heavy atom. The molecule has 1 fully saturated rings. The Balaban J connectivity index is 1.76. The van der Waals surface area contributed by atoms with Crippen LogP contribution in [0, 0.1) is 13.8 Å². The van der Waals surface area contributed by atoms with E-state index in [1.807, 2.05) is 49.6 Å². The van der Waals surface area contributed by atoms with Crippen LogP contribution in [0.1, 0.15) is 20.8 Å². The Labute approximate surface area is 134 Å². The van der Waals surface area contributed by atoms with Gasteiger partial charge in [-0.25, -0.2) is 0 Å². The first-order valence-electron chi connectivity index (χ1n) is 7.27. The Morgan fingerprint density at radius 1 is 1.09 bits per heavy atom. The van der Waals surface area contributed by atoms with Crippen molar-refractivity contribution < 1.29 is 9.59 Å². The molecule has 0 atom stereocenters. The fraction of sp³-hybridized carbons (Fsp3) is 0.294. The molecule has 1 aliphatic rings. The molecule has 1 aliphatic heterocycles. The van der Waals surface area contributed by atoms with Crippen LogP contribution in [0.25, 0.3) is 0 Å². The number of amides is 2. The summed E-state index contributed by atoms with van der Waals surface area (Å²) in [6.45, 7) is 5.17. The highest BCUT2D eigenvalue weighted by Gasteiger charge is 2.30. The van der Waals surface area contributed by atoms with Crippen LogP contribution in [-0.4, -0.2) is 36.3 Å². The summed E-state index contributed by atoms with van der Waals surface area (Å²) in [5, 5.41) is 1.91. The molecular formula is C17H18N2O2S. The van der Waals surface area contributed by atoms with Crippen LogP contribution >= 0.6 is 11.3 Å². The van der Waals surface area contributed by atoms with E-state index < -0.39 is 0 Å². The maximum atomic E-state index is 12.5. The molecule has 0 radical (unpaired) electrons. The third-order valence-electron chi connectivity index (χ3n) is 3.97. The van der Waals surface area contributed by atoms with Gasteiger partial charge in [0.25, 0.3) is 5.91 Å². The Morgan fingerprint density at radius 3 is 2.50 bits per heavy atom. The van der Waals surface area contributed by atoms with Gasteiger partial charge in [0.1, 0.15) is 6.54 Å². The standard InChI is InChI=1S/C17H18N2O2S/c1-12-5-3-4-6-14(12)19-9-8-18(11-15(19)20)17(21)16-13(2)7-10-22-16/h3-7,10H,8-9,11H2,1-2H3. The lowest BCUT2D eigenvalue weighted by molar-refractivity contribution is -0.120. The molecule has 2 heterocycles. The largest absolute Gasteiger partial charge is 0.327 e. The second kappa shape index (κ2) is 5.93. The minimum absolute atomic E-state index is 0.0249. The molecule has 5 heteroatoms. The molecule has 0 bridgehead atoms. The summed E-state index contributed by atoms with van der Waals surface area (Å²) in [5.74, 6) is -0.0617. The van der Waals surface area contributed by atoms with E-state index in [4.69, 9.17) is 0 Å². The van der Waals surface area contributed by atoms with E-state index in [1.54, 1.807) is 9.80 Å². The third kappa shape index (κ3) is 2.64. The maximum absolute atomic E-state index is 12.5. The van der Waals surface area contributed by atoms with Gasteiger partial charge in [-0.05, 0) is 42.5 Å². The summed E-state index contributed by atoms with van der Waals surface area (Å²) in [5.41, 5.74) is 2.99. The number of para-hydroxylation sites is 1. The average molecular weight is 314 g/mol. The summed E-state index contributed by atoms with van der Waals surface area (Å²) in [6, 6.07) is 9.78. The first kappa shape index (κ1) is 14.8. The van der Waals surface area contributed by atoms with Crippen LogP contribution in [0.4, 0.5) is 5.69 Å². The molecule has 0 N–H and O–H groups in total. The number of rotatable bonds is 2. The summed E-state index contributed by atoms with van der Waals surface area (Å²) >= 11 is 1.44. The van der Waals surface area contributed by atoms with E-state index in [9.17, 15) is 9.59 Å². The van der Waals surface area contributed by atoms with E-state index in [0.717, 1.165) is 21.7 Å². The van der Waals surface area contributed by atoms with E-state index in [-0.39, 0.29) is 18.4 Å². The predicted molar refractivity (Wildman–Crippen MR) is 88.5 cm³/mol. The Bertz CT molecular complexity index is 723. The summed E-state index contributed by atoms with van der Waals surface area (Å²) in [4.78, 5) is 29.1. The smallest absolute Gasteiger partial charge is 0.264 e. The molecule has 2 amide bonds. The number of anilines is 1. The van der Waals surface area contributed by atoms with Crippen LogP contribution in [0.15, 0.2) is 35.7 Å². The number of piperazine rings is 1. The van der Waals surface area contributed by atoms with Gasteiger partial charge in [0.05, 0.1) is 4.88 Å². The number of carbonyl (C=O) groups is 2. The zero-order valence-electron chi connectivity index (χ0n) is 12.7. The van der Waals surface area contributed by atoms with Crippen molar-refractivity contribution in [3.63, 3.8) is 0 Å². The summed E-state index contributed by atoms with van der Waals surface area (Å²) in [7, 11) is 0. The van der Waals surface area contributed by atoms with Crippen molar-refractivity contribution in [3.8, 4) is 0 Å². The number of thiophene rings is 1. The zero-order chi connectivity index (χ0) is 15.7. The van der Waals surface area contributed by atoms with Crippen molar-refractivity contribution in [2.45, 2.75) is 13.8 Å². The van der Waals surface area contributed by atoms with Crippen molar-refractivity contribution in [1.29, 1.82) is 0 Å². The molecule has 0 saturated carbocycles. The SMILES string of the molecule is Cc1ccccc1N1CCN(C(=O)c2sccc2C)CC1=O. The summed E-state index contributed by atoms with van der Waals surface area (Å²) < 4.78 is 0. The molecule has 3 rings (SSSR count). The Hall–Kier alpha value is -2.14. The first-order valence-corrected chi connectivity index (χ1v) is 8.15. The molecule has 0 unspecified atom stereocenters. The molecule has 0 spiro atoms. The number of carbonyl (C=O) groups excluding carboxylic acids is 2. The third-order valence-corrected chi connectivity index (χ3v) is 4.97. The van der Waals surface area contributed by atoms with E-state index in [0.29, 0.717) is 13.1 Å². The zero-order valence-corrected chi connectivity index (χ0v) is 13.5. The fourth-order valence-electron chi connectivity index (χ4n) is 2.70. The van der Waals surface area contributed by atoms with Crippen LogP contribution in [-0.2, 0) is 4.79 Å². The van der Waals surface area contributed by atoms with Crippen molar-refractivity contribution in [2.75, 3.05) is 24.5 Å². The molecule has 1 aromatic carbocycles. The molecule has 0 aliphatic carbocycles. The second-order valence-corrected chi connectivity index (χ2v) is 6.41. The van der Waals surface area contributed by atoms with Crippen molar-refractivity contribution in [3.05, 3.63) is 51.7 Å². The monoisotopic (exact) mass is 314 g/mol. The van der Waals surface area contributed by atoms with Crippen molar-refractivity contribution >= 4 is 28.8 Å². The maximum Gasteiger partial charge on any atom is 0.264 e. The first-order chi connectivity index (χ1) is 10.6. The minimum Gasteiger partial charge on any atom is -0.327 e. The van der Waals surface area contributed by atoms with Gasteiger partial charge >= 0.3 is 0 Å². The quantitative estimate of drug-likeness (QED) is 0.855. The summed E-state index contributed by atoms with van der Waals surface area (Å²) in [6.07, 6.45) is 0. The van der Waals surface area contributed by atoms with Gasteiger partial charge in [-0.15, -0.1) is 11.3 Å². The van der Waals surface area contributed by atoms with Gasteiger partial charge in [-0.1, -0.05) is 18.2 Å². The van der Waals surface area contributed by atoms with Gasteiger partial charge in [0.15, 0.2) is 0 Å². The molecule has 4 nitrogen and oxygen atoms in total. The topological polar surface area (TPSA) is 40.6 Å². The van der Waals surface area contributed by atoms with Gasteiger partial charge < -0.3 is 9.80 Å². The molecule has 22 heavy (non-hydrogen) atoms. The van der Waals surface area contributed by atoms with Crippen molar-refractivity contribution in [1.82, 2.24) is 4.90 Å². The second-order valence-electron chi connectivity index (χ2n) is 5.49. The number of aryl methyl sites for hydroxylation is 2. The Kier molecular flexibility index (Phi) is 3.98. The lowest BCUT2D eigenvalue weighted by Crippen LogP contribution is -2.52. The van der Waals surface area contributed by atoms with E-state index in [2.05, 4.69) is 0 Å². The fourth-order valence-corrected chi connectivity index (χ4v) is 3.60. The lowest BCUT2D eigenvalue weighted by Gasteiger charge is -2.35. The van der Waals surface area contributed by atoms with E-state index >= 15 is 0 Å². The van der Waals surface area contributed by atoms with Crippen LogP contribution in [0.2, 0.25) is 0 Å². The average Bonchev–Trinajstić information content (AvgIpc) is 2.93. The number of hydrogen-bond acceptors (Lipinski definition) is 3. The normalized spacial score (nSPS) is 15.3. The predicted octanol–water partition coefficient (Wildman–Crippen LogP) is 2.85. The van der Waals surface area contributed by atoms with Gasteiger partial charge in [0.2, 0.25) is 5.91 Å². The molecule has 114 valence electrons. The highest BCUT2D eigenvalue weighted by atomic mass is 32.1. The highest BCUT2D eigenvalue weighted by molar-refractivity contribution is 7.12. The highest BCUT2D eigenvalue weighted by Crippen LogP contribution is 2.23. The molecular weight excluding hydrogens is 296 g/mol. The lowest BCUT2D eigenvalue weighted by atomic mass is 10.1. The van der Waals surface area contributed by atoms with Crippen molar-refractivity contribution in [2.24, 2.45) is 0 Å². The van der Waals surface area contributed by atoms with Gasteiger partial charge in [0, 0.05) is 18.8 Å². The molecule has 1 aromatic heterocycles. The molecule has 1 saturated heterocycles. The van der Waals surface area contributed by atoms with Crippen LogP contribution in [0.3, 0.4) is 0 Å². The van der Waals surface area contributed by atoms with E-state index in [1.165, 1.54) is 11.3 Å². The number of hydrogen-bond donors (Lipinski definition) is 0. The van der Waals surface area contributed by atoms with Gasteiger partial charge in [-0.2, -0.15) is 0 Å². The van der Waals surface area contributed by atoms with Crippen LogP contribution in [0.5, 0.6) is 0 Å². The van der Waals surface area contributed by atoms with Gasteiger partial charge in [-0.3, -0.25) is 9.59 Å². The minimum atomic E-state index is -0.0368.